The van der Waals surface area contributed by atoms with E-state index >= 15 is 0 Å². The Labute approximate surface area is 111 Å². The molecule has 1 N–H and O–H groups in total. The van der Waals surface area contributed by atoms with Crippen LogP contribution in [0.3, 0.4) is 0 Å². The Morgan fingerprint density at radius 1 is 1.28 bits per heavy atom. The Morgan fingerprint density at radius 3 is 2.83 bits per heavy atom. The smallest absolute Gasteiger partial charge is 0.212 e. The van der Waals surface area contributed by atoms with Gasteiger partial charge in [-0.3, -0.25) is 0 Å². The molecule has 0 aliphatic heterocycles. The first-order chi connectivity index (χ1) is 8.81. The van der Waals surface area contributed by atoms with E-state index in [1.54, 1.807) is 18.4 Å². The summed E-state index contributed by atoms with van der Waals surface area (Å²) in [6, 6.07) is 3.90. The fraction of sp³-hybridized carbons (Fsp3) is 0.385. The van der Waals surface area contributed by atoms with Crippen molar-refractivity contribution in [2.75, 3.05) is 13.7 Å². The summed E-state index contributed by atoms with van der Waals surface area (Å²) in [5.41, 5.74) is 1.15. The molecule has 0 aromatic carbocycles. The Balaban J connectivity index is 1.97. The summed E-state index contributed by atoms with van der Waals surface area (Å²) in [6.45, 7) is 3.98. The maximum atomic E-state index is 5.04. The second-order valence-corrected chi connectivity index (χ2v) is 5.09. The highest BCUT2D eigenvalue weighted by Gasteiger charge is 2.03. The molecule has 0 saturated carbocycles. The van der Waals surface area contributed by atoms with Gasteiger partial charge in [-0.05, 0) is 12.1 Å². The lowest BCUT2D eigenvalue weighted by molar-refractivity contribution is 0.397. The number of nitrogens with zero attached hydrogens (tertiary/aromatic N) is 2. The summed E-state index contributed by atoms with van der Waals surface area (Å²) in [5.74, 6) is 0.644. The third kappa shape index (κ3) is 3.51. The molecular formula is C13H17N3OS. The molecule has 4 nitrogen and oxygen atoms in total. The average molecular weight is 263 g/mol. The van der Waals surface area contributed by atoms with Crippen molar-refractivity contribution in [2.24, 2.45) is 0 Å². The molecule has 0 aliphatic carbocycles. The molecule has 2 aromatic rings. The van der Waals surface area contributed by atoms with E-state index in [0.717, 1.165) is 30.1 Å². The third-order valence-electron chi connectivity index (χ3n) is 2.51. The predicted molar refractivity (Wildman–Crippen MR) is 73.1 cm³/mol. The predicted octanol–water partition coefficient (Wildman–Crippen LogP) is 2.25. The molecule has 18 heavy (non-hydrogen) atoms. The van der Waals surface area contributed by atoms with Crippen LogP contribution in [0, 0.1) is 0 Å². The SMILES string of the molecule is CCNCc1cnc(Cc2ccc(OC)nc2)s1. The minimum Gasteiger partial charge on any atom is -0.481 e. The lowest BCUT2D eigenvalue weighted by atomic mass is 10.2. The summed E-state index contributed by atoms with van der Waals surface area (Å²) in [6.07, 6.45) is 4.61. The third-order valence-corrected chi connectivity index (χ3v) is 3.51. The van der Waals surface area contributed by atoms with Crippen molar-refractivity contribution in [3.05, 3.63) is 40.0 Å². The highest BCUT2D eigenvalue weighted by molar-refractivity contribution is 7.11. The second-order valence-electron chi connectivity index (χ2n) is 3.89. The largest absolute Gasteiger partial charge is 0.481 e. The first-order valence-electron chi connectivity index (χ1n) is 5.95. The quantitative estimate of drug-likeness (QED) is 0.868. The van der Waals surface area contributed by atoms with Gasteiger partial charge in [-0.15, -0.1) is 11.3 Å². The molecular weight excluding hydrogens is 246 g/mol. The maximum Gasteiger partial charge on any atom is 0.212 e. The number of ether oxygens (including phenoxy) is 1. The molecule has 2 rings (SSSR count). The van der Waals surface area contributed by atoms with Crippen LogP contribution >= 0.6 is 11.3 Å². The first-order valence-corrected chi connectivity index (χ1v) is 6.76. The van der Waals surface area contributed by atoms with Crippen LogP contribution in [0.25, 0.3) is 0 Å². The molecule has 0 aliphatic rings. The van der Waals surface area contributed by atoms with E-state index in [1.807, 2.05) is 24.5 Å². The van der Waals surface area contributed by atoms with Crippen LogP contribution in [0.2, 0.25) is 0 Å². The maximum absolute atomic E-state index is 5.04. The number of aromatic nitrogens is 2. The standard InChI is InChI=1S/C13H17N3OS/c1-3-14-8-11-9-16-13(18-11)6-10-4-5-12(17-2)15-7-10/h4-5,7,9,14H,3,6,8H2,1-2H3. The van der Waals surface area contributed by atoms with Crippen LogP contribution in [0.1, 0.15) is 22.4 Å². The van der Waals surface area contributed by atoms with E-state index in [-0.39, 0.29) is 0 Å². The highest BCUT2D eigenvalue weighted by Crippen LogP contribution is 2.17. The summed E-state index contributed by atoms with van der Waals surface area (Å²) in [4.78, 5) is 9.89. The molecule has 0 spiro atoms. The first kappa shape index (κ1) is 13.0. The number of thiazole rings is 1. The number of rotatable bonds is 6. The fourth-order valence-electron chi connectivity index (χ4n) is 1.57. The Bertz CT molecular complexity index is 481. The number of hydrogen-bond acceptors (Lipinski definition) is 5. The Hall–Kier alpha value is -1.46. The van der Waals surface area contributed by atoms with Crippen molar-refractivity contribution in [3.8, 4) is 5.88 Å². The number of nitrogens with one attached hydrogen (secondary N) is 1. The lowest BCUT2D eigenvalue weighted by Gasteiger charge is -2.00. The summed E-state index contributed by atoms with van der Waals surface area (Å²) >= 11 is 1.74. The van der Waals surface area contributed by atoms with E-state index in [0.29, 0.717) is 5.88 Å². The lowest BCUT2D eigenvalue weighted by Crippen LogP contribution is -2.10. The van der Waals surface area contributed by atoms with Gasteiger partial charge in [0.25, 0.3) is 0 Å². The highest BCUT2D eigenvalue weighted by atomic mass is 32.1. The second kappa shape index (κ2) is 6.47. The van der Waals surface area contributed by atoms with E-state index in [4.69, 9.17) is 4.74 Å². The Kier molecular flexibility index (Phi) is 4.66. The normalized spacial score (nSPS) is 10.6. The van der Waals surface area contributed by atoms with Gasteiger partial charge in [0.15, 0.2) is 0 Å². The fourth-order valence-corrected chi connectivity index (χ4v) is 2.50. The van der Waals surface area contributed by atoms with Crippen LogP contribution in [-0.4, -0.2) is 23.6 Å². The van der Waals surface area contributed by atoms with Crippen molar-refractivity contribution in [3.63, 3.8) is 0 Å². The molecule has 0 atom stereocenters. The topological polar surface area (TPSA) is 47.0 Å². The van der Waals surface area contributed by atoms with Gasteiger partial charge < -0.3 is 10.1 Å². The molecule has 0 unspecified atom stereocenters. The van der Waals surface area contributed by atoms with E-state index in [1.165, 1.54) is 4.88 Å². The number of hydrogen-bond donors (Lipinski definition) is 1. The zero-order chi connectivity index (χ0) is 12.8. The van der Waals surface area contributed by atoms with Gasteiger partial charge in [0.1, 0.15) is 0 Å². The summed E-state index contributed by atoms with van der Waals surface area (Å²) < 4.78 is 5.04. The van der Waals surface area contributed by atoms with Crippen molar-refractivity contribution in [1.29, 1.82) is 0 Å². The van der Waals surface area contributed by atoms with E-state index in [2.05, 4.69) is 22.2 Å². The van der Waals surface area contributed by atoms with Crippen molar-refractivity contribution < 1.29 is 4.74 Å². The molecule has 0 bridgehead atoms. The van der Waals surface area contributed by atoms with Gasteiger partial charge >= 0.3 is 0 Å². The number of pyridine rings is 1. The number of methoxy groups -OCH3 is 1. The molecule has 5 heteroatoms. The van der Waals surface area contributed by atoms with Gasteiger partial charge in [0.2, 0.25) is 5.88 Å². The van der Waals surface area contributed by atoms with Gasteiger partial charge in [-0.2, -0.15) is 0 Å². The monoisotopic (exact) mass is 263 g/mol. The molecule has 96 valence electrons. The average Bonchev–Trinajstić information content (AvgIpc) is 2.85. The molecule has 0 saturated heterocycles. The summed E-state index contributed by atoms with van der Waals surface area (Å²) in [5, 5.41) is 4.42. The molecule has 0 fully saturated rings. The van der Waals surface area contributed by atoms with Crippen LogP contribution in [0.4, 0.5) is 0 Å². The summed E-state index contributed by atoms with van der Waals surface area (Å²) in [7, 11) is 1.62. The van der Waals surface area contributed by atoms with Crippen molar-refractivity contribution >= 4 is 11.3 Å². The van der Waals surface area contributed by atoms with E-state index < -0.39 is 0 Å². The molecule has 2 heterocycles. The van der Waals surface area contributed by atoms with Crippen LogP contribution in [-0.2, 0) is 13.0 Å². The molecule has 2 aromatic heterocycles. The van der Waals surface area contributed by atoms with Crippen LogP contribution in [0.5, 0.6) is 5.88 Å². The minimum atomic E-state index is 0.644. The Morgan fingerprint density at radius 2 is 2.17 bits per heavy atom. The minimum absolute atomic E-state index is 0.644. The van der Waals surface area contributed by atoms with Crippen molar-refractivity contribution in [1.82, 2.24) is 15.3 Å². The van der Waals surface area contributed by atoms with Gasteiger partial charge in [0.05, 0.1) is 12.1 Å². The van der Waals surface area contributed by atoms with E-state index in [9.17, 15) is 0 Å². The molecule has 0 radical (unpaired) electrons. The zero-order valence-electron chi connectivity index (χ0n) is 10.6. The van der Waals surface area contributed by atoms with Crippen LogP contribution in [0.15, 0.2) is 24.5 Å². The van der Waals surface area contributed by atoms with Gasteiger partial charge in [-0.1, -0.05) is 13.0 Å². The van der Waals surface area contributed by atoms with Gasteiger partial charge in [0, 0.05) is 36.3 Å². The zero-order valence-corrected chi connectivity index (χ0v) is 11.5. The van der Waals surface area contributed by atoms with Crippen LogP contribution < -0.4 is 10.1 Å². The van der Waals surface area contributed by atoms with Crippen molar-refractivity contribution in [2.45, 2.75) is 19.9 Å². The molecule has 0 amide bonds. The van der Waals surface area contributed by atoms with Gasteiger partial charge in [-0.25, -0.2) is 9.97 Å².